The molecule has 0 aromatic heterocycles. The second-order valence-corrected chi connectivity index (χ2v) is 12.5. The van der Waals surface area contributed by atoms with Crippen molar-refractivity contribution in [1.82, 2.24) is 0 Å². The van der Waals surface area contributed by atoms with Crippen LogP contribution in [0.3, 0.4) is 0 Å². The summed E-state index contributed by atoms with van der Waals surface area (Å²) in [6.45, 7) is 4.45. The van der Waals surface area contributed by atoms with Crippen molar-refractivity contribution < 1.29 is 23.1 Å². The molecule has 0 radical (unpaired) electrons. The maximum absolute atomic E-state index is 12.7. The molecule has 1 N–H and O–H groups in total. The van der Waals surface area contributed by atoms with Crippen LogP contribution in [0, 0.1) is 28.6 Å². The Bertz CT molecular complexity index is 777. The highest BCUT2D eigenvalue weighted by Gasteiger charge is 2.78. The molecule has 5 fully saturated rings. The summed E-state index contributed by atoms with van der Waals surface area (Å²) in [6.07, 6.45) is 6.75. The molecule has 0 aromatic rings. The number of ether oxygens (including phenoxy) is 1. The summed E-state index contributed by atoms with van der Waals surface area (Å²) in [5, 5.41) is 9.66. The van der Waals surface area contributed by atoms with E-state index in [1.54, 1.807) is 0 Å². The Morgan fingerprint density at radius 2 is 1.81 bits per heavy atom. The molecule has 146 valence electrons. The molecule has 1 aliphatic heterocycles. The molecule has 0 amide bonds. The Balaban J connectivity index is 1.54. The van der Waals surface area contributed by atoms with E-state index < -0.39 is 26.8 Å². The highest BCUT2D eigenvalue weighted by molar-refractivity contribution is 7.92. The molecule has 1 saturated heterocycles. The third-order valence-corrected chi connectivity index (χ3v) is 10.9. The van der Waals surface area contributed by atoms with Crippen LogP contribution in [0.5, 0.6) is 0 Å². The van der Waals surface area contributed by atoms with Gasteiger partial charge >= 0.3 is 0 Å². The van der Waals surface area contributed by atoms with Gasteiger partial charge < -0.3 is 9.84 Å². The van der Waals surface area contributed by atoms with Crippen molar-refractivity contribution in [2.45, 2.75) is 81.9 Å². The van der Waals surface area contributed by atoms with E-state index in [4.69, 9.17) is 4.74 Å². The number of Topliss-reactive ketones (excluding diaryl/α,β-unsaturated/α-hetero) is 1. The number of epoxide rings is 1. The molecule has 5 nitrogen and oxygen atoms in total. The average molecular weight is 383 g/mol. The predicted octanol–water partition coefficient (Wildman–Crippen LogP) is 2.11. The molecule has 9 unspecified atom stereocenters. The van der Waals surface area contributed by atoms with E-state index >= 15 is 0 Å². The minimum Gasteiger partial charge on any atom is -0.393 e. The molecule has 4 aliphatic carbocycles. The fourth-order valence-electron chi connectivity index (χ4n) is 7.86. The van der Waals surface area contributed by atoms with Crippen molar-refractivity contribution in [3.05, 3.63) is 0 Å². The summed E-state index contributed by atoms with van der Waals surface area (Å²) in [5.74, 6) is 1.21. The van der Waals surface area contributed by atoms with E-state index in [0.717, 1.165) is 38.5 Å². The Hall–Kier alpha value is -0.460. The Morgan fingerprint density at radius 3 is 2.50 bits per heavy atom. The van der Waals surface area contributed by atoms with Crippen LogP contribution in [0.4, 0.5) is 0 Å². The first-order chi connectivity index (χ1) is 12.0. The maximum atomic E-state index is 12.7. The number of aliphatic hydroxyl groups excluding tert-OH is 1. The first-order valence-electron chi connectivity index (χ1n) is 10.1. The summed E-state index contributed by atoms with van der Waals surface area (Å²) in [5.41, 5.74) is -0.666. The largest absolute Gasteiger partial charge is 0.393 e. The molecular formula is C20H30O5S. The van der Waals surface area contributed by atoms with E-state index in [1.165, 1.54) is 6.26 Å². The summed E-state index contributed by atoms with van der Waals surface area (Å²) in [6, 6.07) is 0. The third-order valence-electron chi connectivity index (χ3n) is 9.42. The highest BCUT2D eigenvalue weighted by Crippen LogP contribution is 2.72. The molecule has 9 atom stereocenters. The van der Waals surface area contributed by atoms with Gasteiger partial charge in [0.15, 0.2) is 15.6 Å². The molecule has 1 spiro atoms. The van der Waals surface area contributed by atoms with Gasteiger partial charge in [-0.3, -0.25) is 4.79 Å². The second kappa shape index (κ2) is 4.93. The normalized spacial score (nSPS) is 58.4. The molecule has 0 aromatic carbocycles. The van der Waals surface area contributed by atoms with Crippen LogP contribution >= 0.6 is 0 Å². The topological polar surface area (TPSA) is 84.0 Å². The number of carbonyl (C=O) groups excluding carboxylic acids is 1. The lowest BCUT2D eigenvalue weighted by Gasteiger charge is -2.59. The van der Waals surface area contributed by atoms with Gasteiger partial charge in [-0.15, -0.1) is 0 Å². The number of ketones is 1. The monoisotopic (exact) mass is 382 g/mol. The van der Waals surface area contributed by atoms with Gasteiger partial charge in [0.05, 0.1) is 6.10 Å². The van der Waals surface area contributed by atoms with E-state index in [0.29, 0.717) is 24.2 Å². The number of sulfone groups is 1. The molecule has 1 heterocycles. The van der Waals surface area contributed by atoms with E-state index in [2.05, 4.69) is 13.8 Å². The van der Waals surface area contributed by atoms with E-state index in [9.17, 15) is 18.3 Å². The van der Waals surface area contributed by atoms with Crippen molar-refractivity contribution in [2.75, 3.05) is 6.26 Å². The predicted molar refractivity (Wildman–Crippen MR) is 96.3 cm³/mol. The second-order valence-electron chi connectivity index (χ2n) is 10.3. The van der Waals surface area contributed by atoms with Crippen LogP contribution in [0.25, 0.3) is 0 Å². The first kappa shape index (κ1) is 17.6. The molecule has 0 bridgehead atoms. The molecule has 6 heteroatoms. The summed E-state index contributed by atoms with van der Waals surface area (Å²) in [4.78, 5) is 12.7. The zero-order chi connectivity index (χ0) is 18.7. The van der Waals surface area contributed by atoms with Crippen LogP contribution in [0.2, 0.25) is 0 Å². The van der Waals surface area contributed by atoms with Crippen LogP contribution in [-0.4, -0.2) is 48.6 Å². The van der Waals surface area contributed by atoms with Gasteiger partial charge in [0, 0.05) is 11.7 Å². The fourth-order valence-corrected chi connectivity index (χ4v) is 9.06. The molecule has 5 aliphatic rings. The highest BCUT2D eigenvalue weighted by atomic mass is 32.2. The van der Waals surface area contributed by atoms with Gasteiger partial charge in [0.25, 0.3) is 0 Å². The van der Waals surface area contributed by atoms with Crippen molar-refractivity contribution in [1.29, 1.82) is 0 Å². The Kier molecular flexibility index (Phi) is 3.34. The lowest BCUT2D eigenvalue weighted by Crippen LogP contribution is -2.61. The third kappa shape index (κ3) is 1.89. The van der Waals surface area contributed by atoms with Crippen LogP contribution in [0.1, 0.15) is 58.8 Å². The van der Waals surface area contributed by atoms with Gasteiger partial charge in [-0.2, -0.15) is 0 Å². The van der Waals surface area contributed by atoms with Gasteiger partial charge in [-0.1, -0.05) is 13.8 Å². The van der Waals surface area contributed by atoms with Crippen molar-refractivity contribution in [3.8, 4) is 0 Å². The van der Waals surface area contributed by atoms with Gasteiger partial charge in [0.1, 0.15) is 17.0 Å². The molecule has 4 saturated carbocycles. The smallest absolute Gasteiger partial charge is 0.182 e. The van der Waals surface area contributed by atoms with E-state index in [-0.39, 0.29) is 22.7 Å². The summed E-state index contributed by atoms with van der Waals surface area (Å²) < 4.78 is 30.7. The zero-order valence-corrected chi connectivity index (χ0v) is 16.7. The minimum absolute atomic E-state index is 0.00651. The maximum Gasteiger partial charge on any atom is 0.182 e. The molecular weight excluding hydrogens is 352 g/mol. The van der Waals surface area contributed by atoms with Crippen molar-refractivity contribution in [3.63, 3.8) is 0 Å². The lowest BCUT2D eigenvalue weighted by atomic mass is 9.45. The lowest BCUT2D eigenvalue weighted by molar-refractivity contribution is -0.133. The SMILES string of the molecule is CC12CCC3C(CCC45OC4C(=O)C(S(C)(=O)=O)CC35C)C1CCC2O. The number of fused-ring (bicyclic) bond motifs is 4. The van der Waals surface area contributed by atoms with Crippen LogP contribution in [0.15, 0.2) is 0 Å². The zero-order valence-electron chi connectivity index (χ0n) is 15.9. The summed E-state index contributed by atoms with van der Waals surface area (Å²) in [7, 11) is -3.42. The van der Waals surface area contributed by atoms with Crippen molar-refractivity contribution >= 4 is 15.6 Å². The summed E-state index contributed by atoms with van der Waals surface area (Å²) >= 11 is 0. The quantitative estimate of drug-likeness (QED) is 0.702. The van der Waals surface area contributed by atoms with Gasteiger partial charge in [0.2, 0.25) is 0 Å². The standard InChI is InChI=1S/C20H30O5S/c1-18-8-7-13-11(12(18)4-5-15(18)21)6-9-20-17(25-20)16(22)14(26(3,23)24)10-19(13,20)2/h11-15,17,21H,4-10H2,1-3H3. The number of rotatable bonds is 1. The minimum atomic E-state index is -3.42. The first-order valence-corrected chi connectivity index (χ1v) is 12.1. The molecule has 5 rings (SSSR count). The number of carbonyl (C=O) groups is 1. The van der Waals surface area contributed by atoms with Crippen LogP contribution < -0.4 is 0 Å². The molecule has 26 heavy (non-hydrogen) atoms. The Morgan fingerprint density at radius 1 is 1.08 bits per heavy atom. The van der Waals surface area contributed by atoms with Crippen LogP contribution in [-0.2, 0) is 19.4 Å². The van der Waals surface area contributed by atoms with Gasteiger partial charge in [-0.25, -0.2) is 8.42 Å². The fraction of sp³-hybridized carbons (Fsp3) is 0.950. The van der Waals surface area contributed by atoms with E-state index in [1.807, 2.05) is 0 Å². The number of hydrogen-bond acceptors (Lipinski definition) is 5. The number of aliphatic hydroxyl groups is 1. The van der Waals surface area contributed by atoms with Crippen molar-refractivity contribution in [2.24, 2.45) is 28.6 Å². The Labute approximate surface area is 155 Å². The number of hydrogen-bond donors (Lipinski definition) is 1. The van der Waals surface area contributed by atoms with Gasteiger partial charge in [-0.05, 0) is 68.1 Å². The average Bonchev–Trinajstić information content (AvgIpc) is 3.23.